The van der Waals surface area contributed by atoms with Crippen LogP contribution in [0.2, 0.25) is 5.02 Å². The molecule has 0 saturated heterocycles. The number of halogens is 1. The number of carbonyl (C=O) groups is 1. The van der Waals surface area contributed by atoms with Crippen molar-refractivity contribution in [3.05, 3.63) is 94.0 Å². The van der Waals surface area contributed by atoms with Crippen molar-refractivity contribution < 1.29 is 14.3 Å². The summed E-state index contributed by atoms with van der Waals surface area (Å²) in [7, 11) is 3.14. The van der Waals surface area contributed by atoms with Gasteiger partial charge in [0.05, 0.1) is 32.7 Å². The number of fused-ring (bicyclic) bond motifs is 1. The third-order valence-corrected chi connectivity index (χ3v) is 6.74. The van der Waals surface area contributed by atoms with Gasteiger partial charge in [0.15, 0.2) is 11.5 Å². The molecule has 0 saturated carbocycles. The van der Waals surface area contributed by atoms with Crippen LogP contribution < -0.4 is 20.1 Å². The third-order valence-electron chi connectivity index (χ3n) is 6.49. The summed E-state index contributed by atoms with van der Waals surface area (Å²) < 4.78 is 12.5. The summed E-state index contributed by atoms with van der Waals surface area (Å²) in [6.45, 7) is 2.07. The molecule has 3 aromatic carbocycles. The second kappa shape index (κ2) is 10.5. The maximum absolute atomic E-state index is 12.9. The molecule has 4 aromatic rings. The van der Waals surface area contributed by atoms with Gasteiger partial charge in [0.2, 0.25) is 11.9 Å². The van der Waals surface area contributed by atoms with Crippen molar-refractivity contribution in [3.8, 4) is 11.5 Å². The van der Waals surface area contributed by atoms with Gasteiger partial charge >= 0.3 is 0 Å². The molecule has 2 heterocycles. The van der Waals surface area contributed by atoms with Crippen molar-refractivity contribution in [2.45, 2.75) is 31.8 Å². The topological polar surface area (TPSA) is 90.3 Å². The molecule has 1 aliphatic rings. The first-order chi connectivity index (χ1) is 17.9. The number of aromatic nitrogens is 3. The zero-order valence-electron chi connectivity index (χ0n) is 20.9. The minimum absolute atomic E-state index is 0.00980. The highest BCUT2D eigenvalue weighted by Crippen LogP contribution is 2.38. The largest absolute Gasteiger partial charge is 0.493 e. The Balaban J connectivity index is 1.39. The van der Waals surface area contributed by atoms with E-state index < -0.39 is 0 Å². The van der Waals surface area contributed by atoms with E-state index in [4.69, 9.17) is 21.1 Å². The van der Waals surface area contributed by atoms with Crippen molar-refractivity contribution in [2.24, 2.45) is 0 Å². The highest BCUT2D eigenvalue weighted by Gasteiger charge is 2.31. The number of anilines is 2. The van der Waals surface area contributed by atoms with Crippen LogP contribution in [0.5, 0.6) is 11.5 Å². The number of hydrogen-bond donors (Lipinski definition) is 2. The number of hydrogen-bond acceptors (Lipinski definition) is 6. The number of ether oxygens (including phenoxy) is 2. The molecule has 1 amide bonds. The minimum Gasteiger partial charge on any atom is -0.493 e. The number of benzene rings is 3. The molecule has 1 aliphatic heterocycles. The molecule has 9 heteroatoms. The number of methoxy groups -OCH3 is 2. The molecule has 2 N–H and O–H groups in total. The van der Waals surface area contributed by atoms with Crippen LogP contribution >= 0.6 is 11.6 Å². The van der Waals surface area contributed by atoms with Crippen LogP contribution in [0, 0.1) is 6.92 Å². The van der Waals surface area contributed by atoms with Crippen molar-refractivity contribution >= 4 is 29.4 Å². The maximum Gasteiger partial charge on any atom is 0.250 e. The van der Waals surface area contributed by atoms with Gasteiger partial charge in [0, 0.05) is 5.02 Å². The quantitative estimate of drug-likeness (QED) is 0.332. The molecule has 5 rings (SSSR count). The molecule has 0 spiro atoms. The smallest absolute Gasteiger partial charge is 0.250 e. The van der Waals surface area contributed by atoms with E-state index in [9.17, 15) is 4.79 Å². The number of amides is 1. The Morgan fingerprint density at radius 2 is 1.73 bits per heavy atom. The van der Waals surface area contributed by atoms with Crippen LogP contribution in [0.4, 0.5) is 11.9 Å². The van der Waals surface area contributed by atoms with Gasteiger partial charge in [-0.3, -0.25) is 10.1 Å². The Kier molecular flexibility index (Phi) is 7.01. The molecule has 0 aliphatic carbocycles. The normalized spacial score (nSPS) is 16.4. The predicted molar refractivity (Wildman–Crippen MR) is 144 cm³/mol. The Bertz CT molecular complexity index is 1400. The van der Waals surface area contributed by atoms with E-state index in [1.54, 1.807) is 26.4 Å². The fraction of sp³-hybridized carbons (Fsp3) is 0.250. The Hall–Kier alpha value is -4.04. The van der Waals surface area contributed by atoms with Gasteiger partial charge in [-0.05, 0) is 54.3 Å². The van der Waals surface area contributed by atoms with E-state index in [0.29, 0.717) is 22.5 Å². The SMILES string of the molecule is COc1ccc(CC(=O)Nc2nc3n(n2)[C@@H](c2ccc(C)cc2)C[C@H](c2ccc(Cl)cc2)N3)cc1OC. The van der Waals surface area contributed by atoms with Crippen molar-refractivity contribution in [1.82, 2.24) is 14.8 Å². The molecule has 0 unspecified atom stereocenters. The Labute approximate surface area is 220 Å². The molecule has 0 radical (unpaired) electrons. The van der Waals surface area contributed by atoms with Crippen LogP contribution in [0.1, 0.15) is 40.8 Å². The lowest BCUT2D eigenvalue weighted by Crippen LogP contribution is -2.28. The number of rotatable bonds is 7. The molecule has 190 valence electrons. The van der Waals surface area contributed by atoms with Crippen molar-refractivity contribution in [3.63, 3.8) is 0 Å². The van der Waals surface area contributed by atoms with Crippen LogP contribution in [0.15, 0.2) is 66.7 Å². The lowest BCUT2D eigenvalue weighted by molar-refractivity contribution is -0.115. The van der Waals surface area contributed by atoms with Gasteiger partial charge in [-0.15, -0.1) is 5.10 Å². The number of aryl methyl sites for hydroxylation is 1. The number of nitrogens with one attached hydrogen (secondary N) is 2. The molecular formula is C28H28ClN5O3. The maximum atomic E-state index is 12.9. The van der Waals surface area contributed by atoms with Gasteiger partial charge in [-0.2, -0.15) is 4.98 Å². The lowest BCUT2D eigenvalue weighted by atomic mass is 9.93. The Morgan fingerprint density at radius 3 is 2.43 bits per heavy atom. The molecule has 37 heavy (non-hydrogen) atoms. The Morgan fingerprint density at radius 1 is 1.03 bits per heavy atom. The summed E-state index contributed by atoms with van der Waals surface area (Å²) in [5.74, 6) is 1.80. The van der Waals surface area contributed by atoms with E-state index in [2.05, 4.69) is 51.9 Å². The number of carbonyl (C=O) groups excluding carboxylic acids is 1. The highest BCUT2D eigenvalue weighted by atomic mass is 35.5. The first-order valence-electron chi connectivity index (χ1n) is 12.0. The monoisotopic (exact) mass is 517 g/mol. The molecule has 0 bridgehead atoms. The molecule has 0 fully saturated rings. The van der Waals surface area contributed by atoms with Gasteiger partial charge in [-0.25, -0.2) is 4.68 Å². The predicted octanol–water partition coefficient (Wildman–Crippen LogP) is 5.58. The van der Waals surface area contributed by atoms with Crippen LogP contribution in [-0.2, 0) is 11.2 Å². The second-order valence-corrected chi connectivity index (χ2v) is 9.46. The third kappa shape index (κ3) is 5.39. The second-order valence-electron chi connectivity index (χ2n) is 9.03. The fourth-order valence-electron chi connectivity index (χ4n) is 4.56. The van der Waals surface area contributed by atoms with E-state index >= 15 is 0 Å². The zero-order valence-corrected chi connectivity index (χ0v) is 21.6. The average Bonchev–Trinajstić information content (AvgIpc) is 3.31. The standard InChI is InChI=1S/C28H28ClN5O3/c1-17-4-7-20(8-5-17)23-16-22(19-9-11-21(29)12-10-19)30-28-32-27(33-34(23)28)31-26(35)15-18-6-13-24(36-2)25(14-18)37-3/h4-14,22-23H,15-16H2,1-3H3,(H2,30,31,32,33,35)/t22-,23-/m1/s1. The first-order valence-corrected chi connectivity index (χ1v) is 12.4. The molecule has 2 atom stereocenters. The number of nitrogens with zero attached hydrogens (tertiary/aromatic N) is 3. The summed E-state index contributed by atoms with van der Waals surface area (Å²) in [5, 5.41) is 11.7. The van der Waals surface area contributed by atoms with Gasteiger partial charge in [-0.1, -0.05) is 59.6 Å². The van der Waals surface area contributed by atoms with Gasteiger partial charge in [0.1, 0.15) is 0 Å². The van der Waals surface area contributed by atoms with Crippen molar-refractivity contribution in [2.75, 3.05) is 24.9 Å². The summed E-state index contributed by atoms with van der Waals surface area (Å²) in [5.41, 5.74) is 4.21. The van der Waals surface area contributed by atoms with E-state index in [1.165, 1.54) is 5.56 Å². The van der Waals surface area contributed by atoms with E-state index in [-0.39, 0.29) is 30.4 Å². The van der Waals surface area contributed by atoms with E-state index in [1.807, 2.05) is 35.0 Å². The van der Waals surface area contributed by atoms with Gasteiger partial charge < -0.3 is 14.8 Å². The average molecular weight is 518 g/mol. The highest BCUT2D eigenvalue weighted by molar-refractivity contribution is 6.30. The van der Waals surface area contributed by atoms with Gasteiger partial charge in [0.25, 0.3) is 5.95 Å². The lowest BCUT2D eigenvalue weighted by Gasteiger charge is -2.31. The van der Waals surface area contributed by atoms with Crippen LogP contribution in [0.3, 0.4) is 0 Å². The fourth-order valence-corrected chi connectivity index (χ4v) is 4.68. The zero-order chi connectivity index (χ0) is 25.9. The summed E-state index contributed by atoms with van der Waals surface area (Å²) in [6, 6.07) is 21.6. The first kappa shape index (κ1) is 24.6. The molecule has 1 aromatic heterocycles. The molecular weight excluding hydrogens is 490 g/mol. The summed E-state index contributed by atoms with van der Waals surface area (Å²) in [6.07, 6.45) is 0.909. The van der Waals surface area contributed by atoms with Crippen LogP contribution in [0.25, 0.3) is 0 Å². The summed E-state index contributed by atoms with van der Waals surface area (Å²) >= 11 is 6.11. The van der Waals surface area contributed by atoms with E-state index in [0.717, 1.165) is 23.1 Å². The minimum atomic E-state index is -0.226. The summed E-state index contributed by atoms with van der Waals surface area (Å²) in [4.78, 5) is 17.5. The van der Waals surface area contributed by atoms with Crippen molar-refractivity contribution in [1.29, 1.82) is 0 Å². The van der Waals surface area contributed by atoms with Crippen LogP contribution in [-0.4, -0.2) is 34.9 Å². The molecule has 8 nitrogen and oxygen atoms in total.